The number of aromatic amines is 1. The number of hydrogen-bond donors (Lipinski definition) is 1. The first-order valence-electron chi connectivity index (χ1n) is 8.25. The topological polar surface area (TPSA) is 63.3 Å². The van der Waals surface area contributed by atoms with Gasteiger partial charge in [-0.25, -0.2) is 9.97 Å². The van der Waals surface area contributed by atoms with Gasteiger partial charge in [0.25, 0.3) is 5.19 Å². The van der Waals surface area contributed by atoms with E-state index < -0.39 is 0 Å². The maximum atomic E-state index is 5.82. The van der Waals surface area contributed by atoms with Crippen LogP contribution in [0, 0.1) is 4.77 Å². The standard InChI is InChI=1S/C18H18N4O2S2/c1-23-13-2-4-14(5-3-13)24-18-20-9-15(26-18)11-22-7-6-16-12(10-22)8-19-17(25)21-16/h2-5,8-9H,6-7,10-11H2,1H3,(H,19,21,25). The quantitative estimate of drug-likeness (QED) is 0.670. The van der Waals surface area contributed by atoms with Crippen molar-refractivity contribution in [3.05, 3.63) is 57.6 Å². The lowest BCUT2D eigenvalue weighted by molar-refractivity contribution is 0.244. The molecule has 0 saturated carbocycles. The molecule has 0 radical (unpaired) electrons. The number of benzene rings is 1. The van der Waals surface area contributed by atoms with Crippen molar-refractivity contribution in [2.45, 2.75) is 19.5 Å². The molecule has 0 unspecified atom stereocenters. The number of nitrogens with one attached hydrogen (secondary N) is 1. The summed E-state index contributed by atoms with van der Waals surface area (Å²) in [5.74, 6) is 1.55. The highest BCUT2D eigenvalue weighted by Crippen LogP contribution is 2.29. The molecule has 26 heavy (non-hydrogen) atoms. The number of ether oxygens (including phenoxy) is 2. The minimum absolute atomic E-state index is 0.556. The molecule has 3 heterocycles. The molecule has 0 atom stereocenters. The number of hydrogen-bond acceptors (Lipinski definition) is 7. The summed E-state index contributed by atoms with van der Waals surface area (Å²) in [6.07, 6.45) is 4.72. The first-order chi connectivity index (χ1) is 12.7. The van der Waals surface area contributed by atoms with Crippen molar-refractivity contribution in [3.63, 3.8) is 0 Å². The van der Waals surface area contributed by atoms with Crippen LogP contribution in [0.25, 0.3) is 0 Å². The van der Waals surface area contributed by atoms with Crippen molar-refractivity contribution >= 4 is 23.6 Å². The average Bonchev–Trinajstić information content (AvgIpc) is 3.09. The van der Waals surface area contributed by atoms with E-state index in [1.165, 1.54) is 16.1 Å². The van der Waals surface area contributed by atoms with Crippen molar-refractivity contribution < 1.29 is 9.47 Å². The van der Waals surface area contributed by atoms with Gasteiger partial charge in [-0.2, -0.15) is 0 Å². The van der Waals surface area contributed by atoms with Gasteiger partial charge in [0.15, 0.2) is 4.77 Å². The van der Waals surface area contributed by atoms with Crippen LogP contribution in [-0.4, -0.2) is 33.5 Å². The van der Waals surface area contributed by atoms with Gasteiger partial charge < -0.3 is 14.5 Å². The zero-order chi connectivity index (χ0) is 17.9. The highest BCUT2D eigenvalue weighted by Gasteiger charge is 2.18. The Hall–Kier alpha value is -2.29. The third-order valence-electron chi connectivity index (χ3n) is 4.23. The Labute approximate surface area is 160 Å². The Morgan fingerprint density at radius 3 is 2.81 bits per heavy atom. The van der Waals surface area contributed by atoms with E-state index in [4.69, 9.17) is 21.7 Å². The highest BCUT2D eigenvalue weighted by atomic mass is 32.1. The number of rotatable bonds is 5. The minimum Gasteiger partial charge on any atom is -0.497 e. The maximum absolute atomic E-state index is 5.82. The van der Waals surface area contributed by atoms with Crippen LogP contribution in [-0.2, 0) is 19.5 Å². The van der Waals surface area contributed by atoms with Crippen LogP contribution in [0.3, 0.4) is 0 Å². The lowest BCUT2D eigenvalue weighted by atomic mass is 10.1. The molecular formula is C18H18N4O2S2. The number of thiazole rings is 1. The van der Waals surface area contributed by atoms with E-state index >= 15 is 0 Å². The summed E-state index contributed by atoms with van der Waals surface area (Å²) in [6, 6.07) is 7.49. The molecule has 0 spiro atoms. The number of aromatic nitrogens is 3. The molecule has 8 heteroatoms. The largest absolute Gasteiger partial charge is 0.497 e. The van der Waals surface area contributed by atoms with Gasteiger partial charge in [-0.15, -0.1) is 0 Å². The van der Waals surface area contributed by atoms with Crippen molar-refractivity contribution in [2.75, 3.05) is 13.7 Å². The normalized spacial score (nSPS) is 14.0. The second-order valence-corrected chi connectivity index (χ2v) is 7.49. The van der Waals surface area contributed by atoms with Gasteiger partial charge in [0.1, 0.15) is 11.5 Å². The number of H-pyrrole nitrogens is 1. The van der Waals surface area contributed by atoms with Gasteiger partial charge in [-0.1, -0.05) is 11.3 Å². The molecule has 1 aromatic carbocycles. The summed E-state index contributed by atoms with van der Waals surface area (Å²) >= 11 is 6.66. The third kappa shape index (κ3) is 3.92. The zero-order valence-electron chi connectivity index (χ0n) is 14.3. The van der Waals surface area contributed by atoms with E-state index in [2.05, 4.69) is 19.9 Å². The van der Waals surface area contributed by atoms with Crippen molar-refractivity contribution in [2.24, 2.45) is 0 Å². The van der Waals surface area contributed by atoms with E-state index in [1.807, 2.05) is 36.7 Å². The SMILES string of the molecule is COc1ccc(Oc2ncc(CN3CCc4[nH]c(=S)ncc4C3)s2)cc1. The van der Waals surface area contributed by atoms with E-state index in [9.17, 15) is 0 Å². The molecule has 3 aromatic rings. The van der Waals surface area contributed by atoms with Crippen molar-refractivity contribution in [3.8, 4) is 16.7 Å². The summed E-state index contributed by atoms with van der Waals surface area (Å²) in [4.78, 5) is 15.3. The van der Waals surface area contributed by atoms with Gasteiger partial charge in [0.05, 0.1) is 7.11 Å². The summed E-state index contributed by atoms with van der Waals surface area (Å²) in [7, 11) is 1.64. The minimum atomic E-state index is 0.556. The van der Waals surface area contributed by atoms with Crippen molar-refractivity contribution in [1.82, 2.24) is 19.9 Å². The second-order valence-electron chi connectivity index (χ2n) is 6.02. The lowest BCUT2D eigenvalue weighted by Crippen LogP contribution is -2.30. The van der Waals surface area contributed by atoms with Crippen LogP contribution in [0.15, 0.2) is 36.7 Å². The monoisotopic (exact) mass is 386 g/mol. The van der Waals surface area contributed by atoms with Crippen LogP contribution in [0.5, 0.6) is 16.7 Å². The molecular weight excluding hydrogens is 368 g/mol. The Morgan fingerprint density at radius 1 is 1.19 bits per heavy atom. The lowest BCUT2D eigenvalue weighted by Gasteiger charge is -2.27. The molecule has 0 bridgehead atoms. The van der Waals surface area contributed by atoms with E-state index in [0.29, 0.717) is 9.96 Å². The Bertz CT molecular complexity index is 952. The molecule has 6 nitrogen and oxygen atoms in total. The number of nitrogens with zero attached hydrogens (tertiary/aromatic N) is 3. The van der Waals surface area contributed by atoms with Crippen LogP contribution < -0.4 is 9.47 Å². The zero-order valence-corrected chi connectivity index (χ0v) is 15.9. The number of methoxy groups -OCH3 is 1. The Balaban J connectivity index is 1.39. The molecule has 0 aliphatic carbocycles. The Morgan fingerprint density at radius 2 is 2.00 bits per heavy atom. The molecule has 0 fully saturated rings. The summed E-state index contributed by atoms with van der Waals surface area (Å²) in [6.45, 7) is 2.69. The summed E-state index contributed by atoms with van der Waals surface area (Å²) < 4.78 is 11.5. The Kier molecular flexibility index (Phi) is 4.96. The predicted molar refractivity (Wildman–Crippen MR) is 102 cm³/mol. The van der Waals surface area contributed by atoms with Crippen LogP contribution in [0.4, 0.5) is 0 Å². The van der Waals surface area contributed by atoms with E-state index in [1.54, 1.807) is 18.4 Å². The van der Waals surface area contributed by atoms with Gasteiger partial charge in [-0.05, 0) is 36.5 Å². The maximum Gasteiger partial charge on any atom is 0.278 e. The third-order valence-corrected chi connectivity index (χ3v) is 5.30. The van der Waals surface area contributed by atoms with Gasteiger partial charge in [-0.3, -0.25) is 4.90 Å². The summed E-state index contributed by atoms with van der Waals surface area (Å²) in [5.41, 5.74) is 2.41. The van der Waals surface area contributed by atoms with Crippen molar-refractivity contribution in [1.29, 1.82) is 0 Å². The van der Waals surface area contributed by atoms with Crippen LogP contribution in [0.2, 0.25) is 0 Å². The fourth-order valence-corrected chi connectivity index (χ4v) is 3.91. The van der Waals surface area contributed by atoms with E-state index in [-0.39, 0.29) is 0 Å². The first kappa shape index (κ1) is 17.1. The molecule has 134 valence electrons. The number of fused-ring (bicyclic) bond motifs is 1. The highest BCUT2D eigenvalue weighted by molar-refractivity contribution is 7.71. The second kappa shape index (κ2) is 7.53. The molecule has 0 amide bonds. The molecule has 1 aliphatic rings. The average molecular weight is 387 g/mol. The first-order valence-corrected chi connectivity index (χ1v) is 9.48. The smallest absolute Gasteiger partial charge is 0.278 e. The van der Waals surface area contributed by atoms with Gasteiger partial charge in [0, 0.05) is 54.6 Å². The fourth-order valence-electron chi connectivity index (χ4n) is 2.92. The van der Waals surface area contributed by atoms with E-state index in [0.717, 1.165) is 37.6 Å². The molecule has 0 saturated heterocycles. The van der Waals surface area contributed by atoms with Crippen LogP contribution in [0.1, 0.15) is 16.1 Å². The molecule has 2 aromatic heterocycles. The summed E-state index contributed by atoms with van der Waals surface area (Å²) in [5, 5.41) is 0.647. The fraction of sp³-hybridized carbons (Fsp3) is 0.278. The van der Waals surface area contributed by atoms with Crippen LogP contribution >= 0.6 is 23.6 Å². The molecule has 1 aliphatic heterocycles. The van der Waals surface area contributed by atoms with Gasteiger partial charge >= 0.3 is 0 Å². The molecule has 1 N–H and O–H groups in total. The molecule has 4 rings (SSSR count). The predicted octanol–water partition coefficient (Wildman–Crippen LogP) is 3.95. The van der Waals surface area contributed by atoms with Gasteiger partial charge in [0.2, 0.25) is 0 Å².